The minimum absolute atomic E-state index is 0.172. The van der Waals surface area contributed by atoms with E-state index in [-0.39, 0.29) is 12.0 Å². The number of nitrogens with zero attached hydrogens (tertiary/aromatic N) is 1. The van der Waals surface area contributed by atoms with Crippen LogP contribution in [0.1, 0.15) is 53.4 Å². The lowest BCUT2D eigenvalue weighted by Gasteiger charge is -2.33. The molecule has 2 N–H and O–H groups in total. The van der Waals surface area contributed by atoms with Gasteiger partial charge in [-0.2, -0.15) is 0 Å². The van der Waals surface area contributed by atoms with Crippen molar-refractivity contribution in [2.24, 2.45) is 23.5 Å². The minimum atomic E-state index is 0.172. The largest absolute Gasteiger partial charge is 0.342 e. The highest BCUT2D eigenvalue weighted by molar-refractivity contribution is 5.79. The Balaban J connectivity index is 2.62. The van der Waals surface area contributed by atoms with E-state index in [0.29, 0.717) is 17.7 Å². The van der Waals surface area contributed by atoms with Crippen molar-refractivity contribution in [2.45, 2.75) is 59.4 Å². The van der Waals surface area contributed by atoms with Crippen LogP contribution >= 0.6 is 0 Å². The van der Waals surface area contributed by atoms with E-state index < -0.39 is 0 Å². The van der Waals surface area contributed by atoms with Crippen molar-refractivity contribution < 1.29 is 4.79 Å². The molecule has 0 spiro atoms. The first-order valence-electron chi connectivity index (χ1n) is 7.44. The van der Waals surface area contributed by atoms with Crippen molar-refractivity contribution >= 4 is 5.91 Å². The molecule has 0 aromatic heterocycles. The Morgan fingerprint density at radius 1 is 1.17 bits per heavy atom. The minimum Gasteiger partial charge on any atom is -0.342 e. The molecule has 0 radical (unpaired) electrons. The van der Waals surface area contributed by atoms with E-state index in [1.807, 2.05) is 0 Å². The summed E-state index contributed by atoms with van der Waals surface area (Å²) < 4.78 is 0. The lowest BCUT2D eigenvalue weighted by atomic mass is 9.85. The van der Waals surface area contributed by atoms with Crippen LogP contribution in [0.2, 0.25) is 0 Å². The summed E-state index contributed by atoms with van der Waals surface area (Å²) in [5, 5.41) is 0. The molecule has 0 heterocycles. The van der Waals surface area contributed by atoms with Crippen LogP contribution in [-0.2, 0) is 4.79 Å². The van der Waals surface area contributed by atoms with Gasteiger partial charge in [0.2, 0.25) is 5.91 Å². The molecule has 2 atom stereocenters. The second-order valence-corrected chi connectivity index (χ2v) is 6.65. The molecular weight excluding hydrogens is 224 g/mol. The van der Waals surface area contributed by atoms with E-state index in [0.717, 1.165) is 38.8 Å². The van der Waals surface area contributed by atoms with Crippen molar-refractivity contribution in [3.05, 3.63) is 0 Å². The van der Waals surface area contributed by atoms with Crippen LogP contribution in [0.5, 0.6) is 0 Å². The summed E-state index contributed by atoms with van der Waals surface area (Å²) in [6.45, 7) is 10.5. The summed E-state index contributed by atoms with van der Waals surface area (Å²) in [6.07, 6.45) is 4.09. The quantitative estimate of drug-likeness (QED) is 0.820. The van der Waals surface area contributed by atoms with Gasteiger partial charge >= 0.3 is 0 Å². The van der Waals surface area contributed by atoms with Crippen LogP contribution in [0.15, 0.2) is 0 Å². The fourth-order valence-electron chi connectivity index (χ4n) is 2.85. The van der Waals surface area contributed by atoms with Crippen LogP contribution < -0.4 is 5.73 Å². The van der Waals surface area contributed by atoms with Gasteiger partial charge < -0.3 is 10.6 Å². The van der Waals surface area contributed by atoms with Gasteiger partial charge in [-0.25, -0.2) is 0 Å². The smallest absolute Gasteiger partial charge is 0.225 e. The fourth-order valence-corrected chi connectivity index (χ4v) is 2.85. The third-order valence-corrected chi connectivity index (χ3v) is 3.55. The maximum Gasteiger partial charge on any atom is 0.225 e. The summed E-state index contributed by atoms with van der Waals surface area (Å²) in [4.78, 5) is 14.7. The number of amides is 1. The van der Waals surface area contributed by atoms with Gasteiger partial charge in [0.05, 0.1) is 0 Å². The van der Waals surface area contributed by atoms with Crippen molar-refractivity contribution in [3.8, 4) is 0 Å². The lowest BCUT2D eigenvalue weighted by molar-refractivity contribution is -0.137. The Kier molecular flexibility index (Phi) is 6.13. The molecule has 0 saturated heterocycles. The number of carbonyl (C=O) groups is 1. The van der Waals surface area contributed by atoms with E-state index in [1.165, 1.54) is 0 Å². The van der Waals surface area contributed by atoms with Crippen LogP contribution in [0.25, 0.3) is 0 Å². The SMILES string of the molecule is CC(C)CN(CC(C)C)C(=O)C1CCCC(N)C1. The predicted octanol–water partition coefficient (Wildman–Crippen LogP) is 2.64. The zero-order chi connectivity index (χ0) is 13.7. The van der Waals surface area contributed by atoms with Crippen LogP contribution in [0.3, 0.4) is 0 Å². The van der Waals surface area contributed by atoms with Crippen LogP contribution in [0.4, 0.5) is 0 Å². The second kappa shape index (κ2) is 7.13. The maximum absolute atomic E-state index is 12.6. The second-order valence-electron chi connectivity index (χ2n) is 6.65. The molecule has 0 bridgehead atoms. The van der Waals surface area contributed by atoms with Gasteiger partial charge in [-0.3, -0.25) is 4.79 Å². The Morgan fingerprint density at radius 2 is 1.72 bits per heavy atom. The van der Waals surface area contributed by atoms with Gasteiger partial charge in [0.25, 0.3) is 0 Å². The monoisotopic (exact) mass is 254 g/mol. The van der Waals surface area contributed by atoms with Gasteiger partial charge in [-0.15, -0.1) is 0 Å². The number of hydrogen-bond donors (Lipinski definition) is 1. The van der Waals surface area contributed by atoms with Gasteiger partial charge in [-0.1, -0.05) is 34.1 Å². The molecule has 1 saturated carbocycles. The highest BCUT2D eigenvalue weighted by Gasteiger charge is 2.29. The van der Waals surface area contributed by atoms with Crippen molar-refractivity contribution in [1.82, 2.24) is 4.90 Å². The molecule has 106 valence electrons. The Hall–Kier alpha value is -0.570. The van der Waals surface area contributed by atoms with Crippen LogP contribution in [-0.4, -0.2) is 29.9 Å². The molecule has 1 fully saturated rings. The molecule has 3 nitrogen and oxygen atoms in total. The average Bonchev–Trinajstić information content (AvgIpc) is 2.26. The predicted molar refractivity (Wildman–Crippen MR) is 76.2 cm³/mol. The molecule has 0 aromatic carbocycles. The van der Waals surface area contributed by atoms with Gasteiger partial charge in [0, 0.05) is 25.0 Å². The first kappa shape index (κ1) is 15.5. The molecule has 18 heavy (non-hydrogen) atoms. The molecule has 0 aliphatic heterocycles. The lowest BCUT2D eigenvalue weighted by Crippen LogP contribution is -2.43. The number of nitrogens with two attached hydrogens (primary N) is 1. The van der Waals surface area contributed by atoms with Crippen molar-refractivity contribution in [3.63, 3.8) is 0 Å². The summed E-state index contributed by atoms with van der Waals surface area (Å²) in [6, 6.07) is 0.229. The van der Waals surface area contributed by atoms with Gasteiger partial charge in [0.1, 0.15) is 0 Å². The zero-order valence-electron chi connectivity index (χ0n) is 12.5. The normalized spacial score (nSPS) is 24.6. The Labute approximate surface area is 112 Å². The van der Waals surface area contributed by atoms with E-state index in [2.05, 4.69) is 32.6 Å². The summed E-state index contributed by atoms with van der Waals surface area (Å²) in [5.74, 6) is 1.58. The molecule has 1 rings (SSSR count). The molecule has 1 amide bonds. The Morgan fingerprint density at radius 3 is 2.17 bits per heavy atom. The molecular formula is C15H30N2O. The average molecular weight is 254 g/mol. The summed E-state index contributed by atoms with van der Waals surface area (Å²) in [7, 11) is 0. The van der Waals surface area contributed by atoms with E-state index in [9.17, 15) is 4.79 Å². The maximum atomic E-state index is 12.6. The summed E-state index contributed by atoms with van der Waals surface area (Å²) in [5.41, 5.74) is 5.99. The first-order valence-corrected chi connectivity index (χ1v) is 7.44. The summed E-state index contributed by atoms with van der Waals surface area (Å²) >= 11 is 0. The van der Waals surface area contributed by atoms with E-state index >= 15 is 0 Å². The molecule has 0 aromatic rings. The third-order valence-electron chi connectivity index (χ3n) is 3.55. The Bertz CT molecular complexity index is 253. The zero-order valence-corrected chi connectivity index (χ0v) is 12.5. The topological polar surface area (TPSA) is 46.3 Å². The standard InChI is InChI=1S/C15H30N2O/c1-11(2)9-17(10-12(3)4)15(18)13-6-5-7-14(16)8-13/h11-14H,5-10,16H2,1-4H3. The number of carbonyl (C=O) groups excluding carboxylic acids is 1. The molecule has 2 unspecified atom stereocenters. The van der Waals surface area contributed by atoms with Gasteiger partial charge in [-0.05, 0) is 31.1 Å². The third kappa shape index (κ3) is 4.97. The van der Waals surface area contributed by atoms with Crippen molar-refractivity contribution in [1.29, 1.82) is 0 Å². The van der Waals surface area contributed by atoms with Gasteiger partial charge in [0.15, 0.2) is 0 Å². The number of hydrogen-bond acceptors (Lipinski definition) is 2. The molecule has 1 aliphatic rings. The van der Waals surface area contributed by atoms with Crippen LogP contribution in [0, 0.1) is 17.8 Å². The first-order chi connectivity index (χ1) is 8.40. The van der Waals surface area contributed by atoms with Crippen molar-refractivity contribution in [2.75, 3.05) is 13.1 Å². The molecule has 3 heteroatoms. The highest BCUT2D eigenvalue weighted by Crippen LogP contribution is 2.25. The molecule has 1 aliphatic carbocycles. The van der Waals surface area contributed by atoms with E-state index in [1.54, 1.807) is 0 Å². The number of rotatable bonds is 5. The highest BCUT2D eigenvalue weighted by atomic mass is 16.2. The van der Waals surface area contributed by atoms with E-state index in [4.69, 9.17) is 5.73 Å². The fraction of sp³-hybridized carbons (Fsp3) is 0.933.